The molecule has 384 valence electrons. The number of aliphatic imine (C=N–C) groups is 1. The van der Waals surface area contributed by atoms with Crippen molar-refractivity contribution in [3.8, 4) is 17.0 Å². The molecular weight excluding hydrogens is 950 g/mol. The fourth-order valence-corrected chi connectivity index (χ4v) is 9.23. The number of nitrogens with zero attached hydrogens (tertiary/aromatic N) is 8. The molecule has 18 nitrogen and oxygen atoms in total. The summed E-state index contributed by atoms with van der Waals surface area (Å²) in [6.45, 7) is 17.7. The first kappa shape index (κ1) is 54.5. The summed E-state index contributed by atoms with van der Waals surface area (Å²) in [5.41, 5.74) is 12.9. The number of nitrogens with two attached hydrogens (primary N) is 1. The lowest BCUT2D eigenvalue weighted by Gasteiger charge is -2.38. The van der Waals surface area contributed by atoms with Crippen molar-refractivity contribution < 1.29 is 28.6 Å². The summed E-state index contributed by atoms with van der Waals surface area (Å²) >= 11 is 1.56. The Bertz CT molecular complexity index is 3000. The summed E-state index contributed by atoms with van der Waals surface area (Å²) in [4.78, 5) is 51.7. The first-order valence-electron chi connectivity index (χ1n) is 24.1. The zero-order chi connectivity index (χ0) is 52.7. The molecule has 5 heterocycles. The van der Waals surface area contributed by atoms with Gasteiger partial charge in [-0.05, 0) is 118 Å². The number of ether oxygens (including phenoxy) is 1. The van der Waals surface area contributed by atoms with E-state index < -0.39 is 11.9 Å². The van der Waals surface area contributed by atoms with Gasteiger partial charge in [0, 0.05) is 70.5 Å². The standard InChI is InChI=1S/C30H34FN7OS.C13H13N3O3.C8H11N3O.C2H6/c1-20(2)39-28-27(22-16-36-37-17-22)35-19-38(32-4)29(28)34-18-33-26-10-9-24(14-25(26)31)40-23-8-5-7-21(13-23)15-30(3)11-6-12-30;14-8-1-2-9-7(5-8)6-16(13(9)19)10-3-4-11(17)15-12(10)18;1-3-9-8(6(2)12)7-4-10-11-5-7;1-2/h5,7-10,13-14,16-17,19-20,33H,4,6,11-12,15,18H2,1-3H3,(H,36,37);1-2,5,10H,3-4,6,14H2,(H,15,17,18);3-5,12H,1-2H3,(H,10,11);1-2H3/b34-29-;;8-6+,9-3?;. The third kappa shape index (κ3) is 14.2. The van der Waals surface area contributed by atoms with Crippen molar-refractivity contribution >= 4 is 59.5 Å². The number of carbonyl (C=O) groups excluding carboxylic acids is 3. The molecule has 0 bridgehead atoms. The van der Waals surface area contributed by atoms with Crippen molar-refractivity contribution in [2.45, 2.75) is 115 Å². The van der Waals surface area contributed by atoms with Gasteiger partial charge in [0.1, 0.15) is 42.0 Å². The van der Waals surface area contributed by atoms with E-state index >= 15 is 4.39 Å². The monoisotopic (exact) mass is 1010 g/mol. The van der Waals surface area contributed by atoms with E-state index in [1.807, 2.05) is 33.8 Å². The van der Waals surface area contributed by atoms with E-state index in [-0.39, 0.29) is 42.6 Å². The van der Waals surface area contributed by atoms with Gasteiger partial charge in [-0.15, -0.1) is 0 Å². The largest absolute Gasteiger partial charge is 0.510 e. The number of nitrogen functional groups attached to an aromatic ring is 1. The predicted octanol–water partition coefficient (Wildman–Crippen LogP) is 9.32. The molecule has 2 fully saturated rings. The smallest absolute Gasteiger partial charge is 0.255 e. The van der Waals surface area contributed by atoms with Gasteiger partial charge in [0.05, 0.1) is 24.2 Å². The number of halogens is 1. The highest BCUT2D eigenvalue weighted by Gasteiger charge is 2.39. The molecular formula is C53H64FN13O5S. The lowest BCUT2D eigenvalue weighted by molar-refractivity contribution is -0.136. The summed E-state index contributed by atoms with van der Waals surface area (Å²) in [5, 5.41) is 31.8. The van der Waals surface area contributed by atoms with Gasteiger partial charge in [-0.2, -0.15) is 15.3 Å². The minimum atomic E-state index is -0.571. The number of hydrogen-bond donors (Lipinski definition) is 6. The van der Waals surface area contributed by atoms with Crippen LogP contribution in [0.2, 0.25) is 0 Å². The molecule has 1 atom stereocenters. The van der Waals surface area contributed by atoms with E-state index in [0.29, 0.717) is 57.9 Å². The average molecular weight is 1010 g/mol. The van der Waals surface area contributed by atoms with Gasteiger partial charge in [0.2, 0.25) is 11.8 Å². The molecule has 9 rings (SSSR count). The number of benzene rings is 3. The van der Waals surface area contributed by atoms with Crippen LogP contribution in [0.1, 0.15) is 108 Å². The van der Waals surface area contributed by atoms with E-state index in [1.54, 1.807) is 86.9 Å². The molecule has 3 aromatic heterocycles. The number of aromatic nitrogens is 6. The number of fused-ring (bicyclic) bond motifs is 1. The summed E-state index contributed by atoms with van der Waals surface area (Å²) in [7, 11) is 0. The van der Waals surface area contributed by atoms with Crippen LogP contribution in [0.3, 0.4) is 0 Å². The fourth-order valence-electron chi connectivity index (χ4n) is 8.30. The third-order valence-electron chi connectivity index (χ3n) is 11.9. The van der Waals surface area contributed by atoms with Gasteiger partial charge in [-0.1, -0.05) is 51.1 Å². The number of anilines is 2. The van der Waals surface area contributed by atoms with Crippen LogP contribution in [0.25, 0.3) is 17.0 Å². The maximum atomic E-state index is 15.1. The summed E-state index contributed by atoms with van der Waals surface area (Å²) in [5.74, 6) is -0.576. The lowest BCUT2D eigenvalue weighted by atomic mass is 9.67. The molecule has 3 aliphatic rings. The van der Waals surface area contributed by atoms with Crippen LogP contribution in [0.5, 0.6) is 5.75 Å². The number of aliphatic hydroxyl groups excluding tert-OH is 1. The Balaban J connectivity index is 0.000000215. The predicted molar refractivity (Wildman–Crippen MR) is 283 cm³/mol. The number of hydrogen-bond acceptors (Lipinski definition) is 14. The molecule has 1 aliphatic carbocycles. The highest BCUT2D eigenvalue weighted by Crippen LogP contribution is 2.43. The van der Waals surface area contributed by atoms with Crippen LogP contribution in [-0.4, -0.2) is 89.5 Å². The summed E-state index contributed by atoms with van der Waals surface area (Å²) in [6, 6.07) is 18.3. The molecule has 3 aromatic carbocycles. The topological polar surface area (TPSA) is 246 Å². The Morgan fingerprint density at radius 1 is 1.07 bits per heavy atom. The van der Waals surface area contributed by atoms with E-state index in [1.165, 1.54) is 40.7 Å². The van der Waals surface area contributed by atoms with Crippen molar-refractivity contribution in [1.82, 2.24) is 40.3 Å². The molecule has 73 heavy (non-hydrogen) atoms. The number of allylic oxidation sites excluding steroid dienone is 1. The lowest BCUT2D eigenvalue weighted by Crippen LogP contribution is -2.52. The van der Waals surface area contributed by atoms with Gasteiger partial charge in [0.25, 0.3) is 5.91 Å². The van der Waals surface area contributed by atoms with Gasteiger partial charge in [-0.25, -0.2) is 19.0 Å². The second kappa shape index (κ2) is 25.5. The van der Waals surface area contributed by atoms with Crippen LogP contribution < -0.4 is 26.6 Å². The van der Waals surface area contributed by atoms with Crippen LogP contribution >= 0.6 is 11.8 Å². The van der Waals surface area contributed by atoms with Crippen molar-refractivity contribution in [3.63, 3.8) is 0 Å². The minimum Gasteiger partial charge on any atom is -0.510 e. The SMILES string of the molecule is C=Nn1cnc(-c2cn[nH]c2)c(OC(C)C)/c1=N/CNc1ccc(Sc2cccc(CC3(C)CCC3)c2)cc1F.CC.CC=N/C(=C(\C)O)c1cn[nH]c1.Nc1ccc2c(c1)CN(C1CCC(=O)NC1=O)C2=O. The number of aliphatic hydroxyl groups is 1. The Hall–Kier alpha value is -7.87. The average Bonchev–Trinajstić information content (AvgIpc) is 4.16. The number of carbonyl (C=O) groups is 3. The first-order valence-corrected chi connectivity index (χ1v) is 24.9. The number of amides is 3. The maximum Gasteiger partial charge on any atom is 0.255 e. The van der Waals surface area contributed by atoms with Gasteiger partial charge in [-0.3, -0.25) is 34.9 Å². The molecule has 1 saturated carbocycles. The van der Waals surface area contributed by atoms with E-state index in [2.05, 4.69) is 89.0 Å². The highest BCUT2D eigenvalue weighted by molar-refractivity contribution is 7.99. The molecule has 3 amide bonds. The number of rotatable bonds is 14. The minimum absolute atomic E-state index is 0.0863. The van der Waals surface area contributed by atoms with Gasteiger partial charge in [0.15, 0.2) is 11.2 Å². The molecule has 0 radical (unpaired) electrons. The molecule has 1 unspecified atom stereocenters. The van der Waals surface area contributed by atoms with Crippen molar-refractivity contribution in [3.05, 3.63) is 131 Å². The number of nitrogens with one attached hydrogen (secondary N) is 4. The number of imide groups is 1. The second-order valence-electron chi connectivity index (χ2n) is 17.7. The van der Waals surface area contributed by atoms with Gasteiger partial charge >= 0.3 is 0 Å². The highest BCUT2D eigenvalue weighted by atomic mass is 32.2. The van der Waals surface area contributed by atoms with Crippen molar-refractivity contribution in [2.24, 2.45) is 20.5 Å². The Kier molecular flexibility index (Phi) is 19.0. The first-order chi connectivity index (χ1) is 35.1. The van der Waals surface area contributed by atoms with Crippen LogP contribution in [-0.2, 0) is 22.6 Å². The fraction of sp³-hybridized carbons (Fsp3) is 0.340. The third-order valence-corrected chi connectivity index (χ3v) is 12.9. The van der Waals surface area contributed by atoms with E-state index in [4.69, 9.17) is 10.5 Å². The number of aromatic amines is 2. The molecule has 6 aromatic rings. The second-order valence-corrected chi connectivity index (χ2v) is 18.9. The molecule has 20 heteroatoms. The zero-order valence-corrected chi connectivity index (χ0v) is 43.1. The normalized spacial score (nSPS) is 16.2. The van der Waals surface area contributed by atoms with E-state index in [0.717, 1.165) is 32.9 Å². The van der Waals surface area contributed by atoms with Crippen molar-refractivity contribution in [2.75, 3.05) is 17.7 Å². The molecule has 7 N–H and O–H groups in total. The van der Waals surface area contributed by atoms with E-state index in [9.17, 15) is 19.5 Å². The maximum absolute atomic E-state index is 15.1. The molecule has 0 spiro atoms. The quantitative estimate of drug-likeness (QED) is 0.0260. The van der Waals surface area contributed by atoms with Crippen LogP contribution in [0, 0.1) is 11.2 Å². The van der Waals surface area contributed by atoms with Crippen molar-refractivity contribution in [1.29, 1.82) is 0 Å². The number of piperidine rings is 1. The number of H-pyrrole nitrogens is 2. The summed E-state index contributed by atoms with van der Waals surface area (Å²) in [6.07, 6.45) is 15.3. The Morgan fingerprint density at radius 2 is 1.82 bits per heavy atom. The Morgan fingerprint density at radius 3 is 2.45 bits per heavy atom. The Labute approximate surface area is 428 Å². The molecule has 1 saturated heterocycles. The zero-order valence-electron chi connectivity index (χ0n) is 42.3. The van der Waals surface area contributed by atoms with Crippen LogP contribution in [0.4, 0.5) is 15.8 Å². The summed E-state index contributed by atoms with van der Waals surface area (Å²) < 4.78 is 22.6. The van der Waals surface area contributed by atoms with Crippen LogP contribution in [0.15, 0.2) is 122 Å². The van der Waals surface area contributed by atoms with Gasteiger partial charge < -0.3 is 25.8 Å². The molecule has 2 aliphatic heterocycles.